The molecule has 66 valence electrons. The van der Waals surface area contributed by atoms with Gasteiger partial charge < -0.3 is 5.73 Å². The summed E-state index contributed by atoms with van der Waals surface area (Å²) >= 11 is 0. The van der Waals surface area contributed by atoms with Crippen LogP contribution in [0.2, 0.25) is 0 Å². The minimum absolute atomic E-state index is 0. The van der Waals surface area contributed by atoms with E-state index in [2.05, 4.69) is 4.98 Å². The summed E-state index contributed by atoms with van der Waals surface area (Å²) in [6.07, 6.45) is 3.23. The van der Waals surface area contributed by atoms with E-state index < -0.39 is 0 Å². The predicted octanol–water partition coefficient (Wildman–Crippen LogP) is 1.17. The smallest absolute Gasteiger partial charge is 0.177 e. The van der Waals surface area contributed by atoms with E-state index in [0.717, 1.165) is 5.56 Å². The normalized spacial score (nSPS) is 8.83. The van der Waals surface area contributed by atoms with E-state index in [-0.39, 0.29) is 19.8 Å². The van der Waals surface area contributed by atoms with Gasteiger partial charge in [-0.1, -0.05) is 7.43 Å². The van der Waals surface area contributed by atoms with Crippen molar-refractivity contribution in [3.63, 3.8) is 0 Å². The summed E-state index contributed by atoms with van der Waals surface area (Å²) in [5.41, 5.74) is 6.74. The molecule has 0 radical (unpaired) electrons. The number of aromatic nitrogens is 1. The third-order valence-electron chi connectivity index (χ3n) is 1.38. The summed E-state index contributed by atoms with van der Waals surface area (Å²) in [5, 5.41) is 0. The second kappa shape index (κ2) is 4.62. The zero-order valence-corrected chi connectivity index (χ0v) is 6.37. The molecule has 0 fully saturated rings. The standard InChI is InChI=1S/C8H10N2O.CH4/c1-6-2-7(5-10-4-6)8(11)3-9;/h2,4-5H,3,9H2,1H3;1H4. The molecule has 2 N–H and O–H groups in total. The number of rotatable bonds is 2. The molecule has 1 heterocycles. The number of ketones is 1. The minimum atomic E-state index is -0.0683. The molecule has 0 aliphatic carbocycles. The summed E-state index contributed by atoms with van der Waals surface area (Å²) in [7, 11) is 0. The highest BCUT2D eigenvalue weighted by molar-refractivity contribution is 5.97. The van der Waals surface area contributed by atoms with Gasteiger partial charge in [-0.2, -0.15) is 0 Å². The summed E-state index contributed by atoms with van der Waals surface area (Å²) < 4.78 is 0. The lowest BCUT2D eigenvalue weighted by Gasteiger charge is -1.96. The maximum absolute atomic E-state index is 11.0. The Morgan fingerprint density at radius 3 is 2.75 bits per heavy atom. The first-order chi connectivity index (χ1) is 5.24. The molecule has 0 saturated carbocycles. The third kappa shape index (κ3) is 2.43. The van der Waals surface area contributed by atoms with Crippen molar-refractivity contribution in [2.45, 2.75) is 14.4 Å². The highest BCUT2D eigenvalue weighted by atomic mass is 16.1. The maximum atomic E-state index is 11.0. The molecular formula is C9H14N2O. The van der Waals surface area contributed by atoms with Crippen LogP contribution in [0.4, 0.5) is 0 Å². The van der Waals surface area contributed by atoms with Crippen molar-refractivity contribution in [2.75, 3.05) is 6.54 Å². The zero-order valence-electron chi connectivity index (χ0n) is 6.37. The maximum Gasteiger partial charge on any atom is 0.177 e. The molecule has 3 nitrogen and oxygen atoms in total. The first-order valence-corrected chi connectivity index (χ1v) is 3.39. The monoisotopic (exact) mass is 166 g/mol. The highest BCUT2D eigenvalue weighted by Gasteiger charge is 2.01. The largest absolute Gasteiger partial charge is 0.324 e. The van der Waals surface area contributed by atoms with E-state index in [1.165, 1.54) is 6.20 Å². The lowest BCUT2D eigenvalue weighted by atomic mass is 10.1. The molecule has 0 atom stereocenters. The molecule has 0 aliphatic rings. The number of hydrogen-bond donors (Lipinski definition) is 1. The van der Waals surface area contributed by atoms with Gasteiger partial charge in [-0.25, -0.2) is 0 Å². The van der Waals surface area contributed by atoms with Crippen molar-refractivity contribution in [1.29, 1.82) is 0 Å². The Morgan fingerprint density at radius 1 is 1.58 bits per heavy atom. The van der Waals surface area contributed by atoms with E-state index in [4.69, 9.17) is 5.73 Å². The fourth-order valence-corrected chi connectivity index (χ4v) is 0.825. The number of pyridine rings is 1. The first kappa shape index (κ1) is 10.8. The molecule has 0 aromatic carbocycles. The summed E-state index contributed by atoms with van der Waals surface area (Å²) in [6.45, 7) is 1.94. The number of Topliss-reactive ketones (excluding diaryl/α,β-unsaturated/α-hetero) is 1. The number of carbonyl (C=O) groups is 1. The topological polar surface area (TPSA) is 56.0 Å². The van der Waals surface area contributed by atoms with Gasteiger partial charge in [0, 0.05) is 18.0 Å². The van der Waals surface area contributed by atoms with Crippen LogP contribution in [0.15, 0.2) is 18.5 Å². The van der Waals surface area contributed by atoms with E-state index in [1.807, 2.05) is 6.92 Å². The van der Waals surface area contributed by atoms with Gasteiger partial charge in [0.25, 0.3) is 0 Å². The zero-order chi connectivity index (χ0) is 8.27. The molecule has 12 heavy (non-hydrogen) atoms. The van der Waals surface area contributed by atoms with Crippen LogP contribution in [-0.4, -0.2) is 17.3 Å². The molecule has 1 rings (SSSR count). The lowest BCUT2D eigenvalue weighted by molar-refractivity contribution is 0.100. The number of aryl methyl sites for hydroxylation is 1. The van der Waals surface area contributed by atoms with Crippen LogP contribution in [0.3, 0.4) is 0 Å². The van der Waals surface area contributed by atoms with Gasteiger partial charge in [0.1, 0.15) is 0 Å². The molecule has 0 aliphatic heterocycles. The van der Waals surface area contributed by atoms with Gasteiger partial charge in [0.2, 0.25) is 0 Å². The van der Waals surface area contributed by atoms with Crippen molar-refractivity contribution in [2.24, 2.45) is 5.73 Å². The van der Waals surface area contributed by atoms with Crippen LogP contribution in [0.5, 0.6) is 0 Å². The van der Waals surface area contributed by atoms with Crippen molar-refractivity contribution < 1.29 is 4.79 Å². The van der Waals surface area contributed by atoms with Gasteiger partial charge in [0.05, 0.1) is 6.54 Å². The summed E-state index contributed by atoms with van der Waals surface area (Å²) in [6, 6.07) is 1.78. The summed E-state index contributed by atoms with van der Waals surface area (Å²) in [4.78, 5) is 14.9. The van der Waals surface area contributed by atoms with Gasteiger partial charge in [0.15, 0.2) is 5.78 Å². The van der Waals surface area contributed by atoms with E-state index in [9.17, 15) is 4.79 Å². The number of carbonyl (C=O) groups excluding carboxylic acids is 1. The molecule has 0 unspecified atom stereocenters. The summed E-state index contributed by atoms with van der Waals surface area (Å²) in [5.74, 6) is -0.0683. The molecule has 1 aromatic heterocycles. The number of nitrogens with two attached hydrogens (primary N) is 1. The Balaban J connectivity index is 0.00000121. The first-order valence-electron chi connectivity index (χ1n) is 3.39. The van der Waals surface area contributed by atoms with Crippen LogP contribution in [0, 0.1) is 6.92 Å². The molecule has 3 heteroatoms. The fourth-order valence-electron chi connectivity index (χ4n) is 0.825. The van der Waals surface area contributed by atoms with Crippen LogP contribution in [0.1, 0.15) is 23.3 Å². The van der Waals surface area contributed by atoms with Gasteiger partial charge >= 0.3 is 0 Å². The second-order valence-electron chi connectivity index (χ2n) is 2.38. The molecule has 0 saturated heterocycles. The van der Waals surface area contributed by atoms with Crippen LogP contribution < -0.4 is 5.73 Å². The Morgan fingerprint density at radius 2 is 2.25 bits per heavy atom. The fraction of sp³-hybridized carbons (Fsp3) is 0.333. The van der Waals surface area contributed by atoms with Crippen molar-refractivity contribution in [3.05, 3.63) is 29.6 Å². The number of hydrogen-bond acceptors (Lipinski definition) is 3. The predicted molar refractivity (Wildman–Crippen MR) is 49.1 cm³/mol. The van der Waals surface area contributed by atoms with Crippen LogP contribution >= 0.6 is 0 Å². The van der Waals surface area contributed by atoms with Crippen LogP contribution in [0.25, 0.3) is 0 Å². The molecule has 0 bridgehead atoms. The SMILES string of the molecule is C.Cc1cncc(C(=O)CN)c1. The lowest BCUT2D eigenvalue weighted by Crippen LogP contribution is -2.13. The van der Waals surface area contributed by atoms with Crippen LogP contribution in [-0.2, 0) is 0 Å². The van der Waals surface area contributed by atoms with Gasteiger partial charge in [-0.05, 0) is 18.6 Å². The Kier molecular flexibility index (Phi) is 4.15. The quantitative estimate of drug-likeness (QED) is 0.671. The van der Waals surface area contributed by atoms with E-state index in [1.54, 1.807) is 12.3 Å². The second-order valence-corrected chi connectivity index (χ2v) is 2.38. The third-order valence-corrected chi connectivity index (χ3v) is 1.38. The molecule has 1 aromatic rings. The van der Waals surface area contributed by atoms with Gasteiger partial charge in [-0.15, -0.1) is 0 Å². The molecular weight excluding hydrogens is 152 g/mol. The van der Waals surface area contributed by atoms with Gasteiger partial charge in [-0.3, -0.25) is 9.78 Å². The van der Waals surface area contributed by atoms with Crippen molar-refractivity contribution in [3.8, 4) is 0 Å². The molecule has 0 spiro atoms. The average molecular weight is 166 g/mol. The Hall–Kier alpha value is -1.22. The Labute approximate surface area is 72.6 Å². The Bertz CT molecular complexity index is 271. The number of nitrogens with zero attached hydrogens (tertiary/aromatic N) is 1. The average Bonchev–Trinajstić information content (AvgIpc) is 2.03. The van der Waals surface area contributed by atoms with E-state index >= 15 is 0 Å². The van der Waals surface area contributed by atoms with Crippen molar-refractivity contribution >= 4 is 5.78 Å². The van der Waals surface area contributed by atoms with E-state index in [0.29, 0.717) is 5.56 Å². The molecule has 0 amide bonds. The highest BCUT2D eigenvalue weighted by Crippen LogP contribution is 2.00. The van der Waals surface area contributed by atoms with Crippen molar-refractivity contribution in [1.82, 2.24) is 4.98 Å². The minimum Gasteiger partial charge on any atom is -0.324 e.